The molecule has 1 saturated heterocycles. The zero-order chi connectivity index (χ0) is 11.3. The summed E-state index contributed by atoms with van der Waals surface area (Å²) in [7, 11) is 0. The van der Waals surface area contributed by atoms with Gasteiger partial charge in [-0.3, -0.25) is 9.59 Å². The lowest BCUT2D eigenvalue weighted by Gasteiger charge is -2.14. The average molecular weight is 212 g/mol. The second-order valence-corrected chi connectivity index (χ2v) is 4.30. The van der Waals surface area contributed by atoms with Gasteiger partial charge in [0.05, 0.1) is 12.3 Å². The molecule has 15 heavy (non-hydrogen) atoms. The van der Waals surface area contributed by atoms with Gasteiger partial charge in [-0.15, -0.1) is 0 Å². The molecule has 0 aromatic heterocycles. The molecule has 86 valence electrons. The molecule has 0 amide bonds. The van der Waals surface area contributed by atoms with E-state index in [1.54, 1.807) is 6.92 Å². The minimum atomic E-state index is -0.212. The Hall–Kier alpha value is -0.860. The zero-order valence-corrected chi connectivity index (χ0v) is 9.62. The fourth-order valence-corrected chi connectivity index (χ4v) is 2.05. The van der Waals surface area contributed by atoms with E-state index in [1.165, 1.54) is 12.8 Å². The third kappa shape index (κ3) is 3.65. The van der Waals surface area contributed by atoms with Crippen LogP contribution < -0.4 is 0 Å². The highest BCUT2D eigenvalue weighted by atomic mass is 16.5. The molecule has 1 aliphatic rings. The highest BCUT2D eigenvalue weighted by Gasteiger charge is 2.37. The summed E-state index contributed by atoms with van der Waals surface area (Å²) >= 11 is 0. The fraction of sp³-hybridized carbons (Fsp3) is 0.833. The van der Waals surface area contributed by atoms with Crippen molar-refractivity contribution in [1.29, 1.82) is 0 Å². The van der Waals surface area contributed by atoms with Crippen LogP contribution in [0.2, 0.25) is 0 Å². The summed E-state index contributed by atoms with van der Waals surface area (Å²) in [6.45, 7) is 3.71. The van der Waals surface area contributed by atoms with Crippen molar-refractivity contribution in [3.8, 4) is 0 Å². The van der Waals surface area contributed by atoms with Crippen LogP contribution in [0.25, 0.3) is 0 Å². The Labute approximate surface area is 91.2 Å². The predicted octanol–water partition coefficient (Wildman–Crippen LogP) is 2.48. The van der Waals surface area contributed by atoms with Gasteiger partial charge >= 0.3 is 5.97 Å². The van der Waals surface area contributed by atoms with Crippen LogP contribution >= 0.6 is 0 Å². The summed E-state index contributed by atoms with van der Waals surface area (Å²) in [6, 6.07) is 0. The number of rotatable bonds is 6. The average Bonchev–Trinajstić information content (AvgIpc) is 2.55. The van der Waals surface area contributed by atoms with Crippen molar-refractivity contribution in [2.24, 2.45) is 5.92 Å². The lowest BCUT2D eigenvalue weighted by atomic mass is 9.93. The van der Waals surface area contributed by atoms with Gasteiger partial charge in [-0.25, -0.2) is 0 Å². The van der Waals surface area contributed by atoms with E-state index in [0.29, 0.717) is 0 Å². The lowest BCUT2D eigenvalue weighted by molar-refractivity contribution is -0.141. The highest BCUT2D eigenvalue weighted by molar-refractivity contribution is 5.86. The van der Waals surface area contributed by atoms with Crippen LogP contribution in [0.5, 0.6) is 0 Å². The predicted molar refractivity (Wildman–Crippen MR) is 57.4 cm³/mol. The molecule has 0 radical (unpaired) electrons. The van der Waals surface area contributed by atoms with E-state index < -0.39 is 0 Å². The van der Waals surface area contributed by atoms with Crippen LogP contribution in [0.4, 0.5) is 0 Å². The molecule has 1 rings (SSSR count). The molecule has 0 spiro atoms. The Morgan fingerprint density at radius 1 is 1.40 bits per heavy atom. The first kappa shape index (κ1) is 12.2. The van der Waals surface area contributed by atoms with Crippen molar-refractivity contribution in [1.82, 2.24) is 0 Å². The van der Waals surface area contributed by atoms with Gasteiger partial charge < -0.3 is 4.74 Å². The third-order valence-electron chi connectivity index (χ3n) is 2.98. The van der Waals surface area contributed by atoms with E-state index in [0.717, 1.165) is 19.3 Å². The second-order valence-electron chi connectivity index (χ2n) is 4.30. The van der Waals surface area contributed by atoms with Gasteiger partial charge in [0.2, 0.25) is 0 Å². The highest BCUT2D eigenvalue weighted by Crippen LogP contribution is 2.27. The molecule has 0 N–H and O–H groups in total. The number of ether oxygens (including phenoxy) is 1. The Morgan fingerprint density at radius 3 is 2.73 bits per heavy atom. The van der Waals surface area contributed by atoms with Crippen molar-refractivity contribution in [3.63, 3.8) is 0 Å². The van der Waals surface area contributed by atoms with E-state index in [1.807, 2.05) is 0 Å². The molecule has 0 saturated carbocycles. The van der Waals surface area contributed by atoms with Gasteiger partial charge in [0.15, 0.2) is 0 Å². The summed E-state index contributed by atoms with van der Waals surface area (Å²) in [5.74, 6) is -0.309. The van der Waals surface area contributed by atoms with E-state index in [-0.39, 0.29) is 30.2 Å². The largest absolute Gasteiger partial charge is 0.462 e. The Morgan fingerprint density at radius 2 is 2.13 bits per heavy atom. The van der Waals surface area contributed by atoms with Crippen molar-refractivity contribution in [2.75, 3.05) is 0 Å². The van der Waals surface area contributed by atoms with Crippen LogP contribution in [0.15, 0.2) is 0 Å². The van der Waals surface area contributed by atoms with Gasteiger partial charge in [-0.2, -0.15) is 0 Å². The molecule has 2 unspecified atom stereocenters. The Bertz CT molecular complexity index is 235. The van der Waals surface area contributed by atoms with E-state index >= 15 is 0 Å². The van der Waals surface area contributed by atoms with Crippen LogP contribution in [-0.2, 0) is 14.3 Å². The topological polar surface area (TPSA) is 43.4 Å². The van der Waals surface area contributed by atoms with Crippen LogP contribution in [0, 0.1) is 5.92 Å². The van der Waals surface area contributed by atoms with E-state index in [9.17, 15) is 9.59 Å². The van der Waals surface area contributed by atoms with Crippen LogP contribution in [-0.4, -0.2) is 17.9 Å². The summed E-state index contributed by atoms with van der Waals surface area (Å²) in [5, 5.41) is 0. The van der Waals surface area contributed by atoms with E-state index in [4.69, 9.17) is 4.74 Å². The number of carbonyl (C=O) groups is 2. The number of carbonyl (C=O) groups excluding carboxylic acids is 2. The molecule has 0 bridgehead atoms. The van der Waals surface area contributed by atoms with Crippen molar-refractivity contribution in [2.45, 2.75) is 58.5 Å². The summed E-state index contributed by atoms with van der Waals surface area (Å²) in [4.78, 5) is 22.3. The van der Waals surface area contributed by atoms with Gasteiger partial charge in [-0.1, -0.05) is 26.2 Å². The second kappa shape index (κ2) is 5.89. The molecule has 1 fully saturated rings. The molecule has 2 atom stereocenters. The number of ketones is 1. The van der Waals surface area contributed by atoms with Crippen LogP contribution in [0.3, 0.4) is 0 Å². The lowest BCUT2D eigenvalue weighted by Crippen LogP contribution is -2.22. The van der Waals surface area contributed by atoms with E-state index in [2.05, 4.69) is 6.92 Å². The van der Waals surface area contributed by atoms with Crippen LogP contribution in [0.1, 0.15) is 52.4 Å². The molecule has 1 heterocycles. The number of Topliss-reactive ketones (excluding diaryl/α,β-unsaturated/α-hetero) is 1. The third-order valence-corrected chi connectivity index (χ3v) is 2.98. The fourth-order valence-electron chi connectivity index (χ4n) is 2.05. The number of hydrogen-bond donors (Lipinski definition) is 0. The molecule has 3 nitrogen and oxygen atoms in total. The number of cyclic esters (lactones) is 1. The summed E-state index contributed by atoms with van der Waals surface area (Å²) in [6.07, 6.45) is 5.60. The first-order valence-corrected chi connectivity index (χ1v) is 5.85. The standard InChI is InChI=1S/C12H20O3/c1-3-4-5-6-7-11-10(9(2)13)8-12(14)15-11/h10-11H,3-8H2,1-2H3. The number of esters is 1. The maximum Gasteiger partial charge on any atom is 0.306 e. The SMILES string of the molecule is CCCCCCC1OC(=O)CC1C(C)=O. The van der Waals surface area contributed by atoms with Gasteiger partial charge in [0, 0.05) is 0 Å². The molecule has 3 heteroatoms. The molecular weight excluding hydrogens is 192 g/mol. The first-order valence-electron chi connectivity index (χ1n) is 5.85. The molecule has 0 aromatic rings. The number of hydrogen-bond acceptors (Lipinski definition) is 3. The summed E-state index contributed by atoms with van der Waals surface area (Å²) < 4.78 is 5.16. The monoisotopic (exact) mass is 212 g/mol. The van der Waals surface area contributed by atoms with Crippen molar-refractivity contribution >= 4 is 11.8 Å². The molecular formula is C12H20O3. The zero-order valence-electron chi connectivity index (χ0n) is 9.62. The maximum atomic E-state index is 11.3. The van der Waals surface area contributed by atoms with Crippen molar-refractivity contribution < 1.29 is 14.3 Å². The smallest absolute Gasteiger partial charge is 0.306 e. The van der Waals surface area contributed by atoms with Gasteiger partial charge in [0.25, 0.3) is 0 Å². The molecule has 1 aliphatic heterocycles. The quantitative estimate of drug-likeness (QED) is 0.502. The van der Waals surface area contributed by atoms with Gasteiger partial charge in [-0.05, 0) is 19.8 Å². The first-order chi connectivity index (χ1) is 7.15. The van der Waals surface area contributed by atoms with Gasteiger partial charge in [0.1, 0.15) is 11.9 Å². The minimum absolute atomic E-state index is 0.0846. The minimum Gasteiger partial charge on any atom is -0.462 e. The Balaban J connectivity index is 2.32. The maximum absolute atomic E-state index is 11.3. The normalized spacial score (nSPS) is 25.3. The number of unbranched alkanes of at least 4 members (excludes halogenated alkanes) is 3. The molecule has 0 aliphatic carbocycles. The van der Waals surface area contributed by atoms with Crippen molar-refractivity contribution in [3.05, 3.63) is 0 Å². The Kier molecular flexibility index (Phi) is 4.79. The molecule has 0 aromatic carbocycles. The summed E-state index contributed by atoms with van der Waals surface area (Å²) in [5.41, 5.74) is 0.